The average Bonchev–Trinajstić information content (AvgIpc) is 2.97. The number of hydrogen-bond donors (Lipinski definition) is 1. The number of thioether (sulfide) groups is 1. The molecule has 1 aliphatic carbocycles. The fourth-order valence-corrected chi connectivity index (χ4v) is 3.36. The fourth-order valence-electron chi connectivity index (χ4n) is 2.36. The molecule has 0 aromatic carbocycles. The highest BCUT2D eigenvalue weighted by Crippen LogP contribution is 2.35. The summed E-state index contributed by atoms with van der Waals surface area (Å²) in [6.45, 7) is 6.83. The fraction of sp³-hybridized carbons (Fsp3) is 0.923. The third-order valence-electron chi connectivity index (χ3n) is 3.60. The lowest BCUT2D eigenvalue weighted by Gasteiger charge is -2.23. The quantitative estimate of drug-likeness (QED) is 0.815. The lowest BCUT2D eigenvalue weighted by molar-refractivity contribution is 0.482. The normalized spacial score (nSPS) is 33.8. The van der Waals surface area contributed by atoms with Gasteiger partial charge in [0.05, 0.1) is 6.04 Å². The highest BCUT2D eigenvalue weighted by Gasteiger charge is 2.37. The van der Waals surface area contributed by atoms with Gasteiger partial charge in [0, 0.05) is 11.8 Å². The van der Waals surface area contributed by atoms with Crippen LogP contribution in [0.2, 0.25) is 0 Å². The van der Waals surface area contributed by atoms with Crippen molar-refractivity contribution in [1.29, 1.82) is 0 Å². The van der Waals surface area contributed by atoms with Crippen LogP contribution in [0, 0.1) is 11.8 Å². The van der Waals surface area contributed by atoms with E-state index in [2.05, 4.69) is 26.1 Å². The minimum Gasteiger partial charge on any atom is -0.362 e. The van der Waals surface area contributed by atoms with Gasteiger partial charge in [-0.2, -0.15) is 0 Å². The van der Waals surface area contributed by atoms with Crippen molar-refractivity contribution in [3.05, 3.63) is 0 Å². The second-order valence-electron chi connectivity index (χ2n) is 5.42. The number of hydrogen-bond acceptors (Lipinski definition) is 3. The van der Waals surface area contributed by atoms with Gasteiger partial charge in [0.1, 0.15) is 0 Å². The molecule has 1 aliphatic heterocycles. The molecule has 1 N–H and O–H groups in total. The van der Waals surface area contributed by atoms with Crippen LogP contribution in [0.1, 0.15) is 46.5 Å². The Morgan fingerprint density at radius 3 is 3.00 bits per heavy atom. The predicted molar refractivity (Wildman–Crippen MR) is 73.1 cm³/mol. The third kappa shape index (κ3) is 3.16. The van der Waals surface area contributed by atoms with Crippen LogP contribution in [0.15, 0.2) is 4.99 Å². The average molecular weight is 240 g/mol. The summed E-state index contributed by atoms with van der Waals surface area (Å²) in [6, 6.07) is 1.28. The minimum absolute atomic E-state index is 0.548. The summed E-state index contributed by atoms with van der Waals surface area (Å²) in [4.78, 5) is 4.82. The van der Waals surface area contributed by atoms with E-state index >= 15 is 0 Å². The van der Waals surface area contributed by atoms with E-state index in [1.54, 1.807) is 0 Å². The lowest BCUT2D eigenvalue weighted by atomic mass is 10.0. The van der Waals surface area contributed by atoms with Crippen molar-refractivity contribution >= 4 is 16.9 Å². The summed E-state index contributed by atoms with van der Waals surface area (Å²) in [5.74, 6) is 2.84. The van der Waals surface area contributed by atoms with Gasteiger partial charge in [-0.15, -0.1) is 0 Å². The Hall–Kier alpha value is -0.180. The Morgan fingerprint density at radius 2 is 2.31 bits per heavy atom. The zero-order valence-electron chi connectivity index (χ0n) is 10.7. The second kappa shape index (κ2) is 5.44. The van der Waals surface area contributed by atoms with E-state index in [1.807, 2.05) is 11.8 Å². The van der Waals surface area contributed by atoms with Gasteiger partial charge in [0.2, 0.25) is 0 Å². The van der Waals surface area contributed by atoms with Gasteiger partial charge in [-0.25, -0.2) is 0 Å². The number of aliphatic imine (C=N–C) groups is 1. The van der Waals surface area contributed by atoms with Crippen LogP contribution in [0.4, 0.5) is 0 Å². The summed E-state index contributed by atoms with van der Waals surface area (Å²) in [7, 11) is 0. The molecule has 0 radical (unpaired) electrons. The molecule has 0 saturated heterocycles. The largest absolute Gasteiger partial charge is 0.362 e. The molecule has 0 spiro atoms. The molecule has 2 aliphatic rings. The molecular formula is C13H24N2S. The van der Waals surface area contributed by atoms with Gasteiger partial charge in [-0.05, 0) is 31.1 Å². The molecule has 0 bridgehead atoms. The molecular weight excluding hydrogens is 216 g/mol. The smallest absolute Gasteiger partial charge is 0.157 e. The lowest BCUT2D eigenvalue weighted by Crippen LogP contribution is -2.31. The maximum Gasteiger partial charge on any atom is 0.157 e. The molecule has 2 nitrogen and oxygen atoms in total. The van der Waals surface area contributed by atoms with Gasteiger partial charge < -0.3 is 5.32 Å². The monoisotopic (exact) mass is 240 g/mol. The van der Waals surface area contributed by atoms with E-state index < -0.39 is 0 Å². The topological polar surface area (TPSA) is 24.4 Å². The first-order chi connectivity index (χ1) is 7.70. The first-order valence-electron chi connectivity index (χ1n) is 6.67. The van der Waals surface area contributed by atoms with Crippen LogP contribution in [0.25, 0.3) is 0 Å². The standard InChI is InChI=1S/C13H24N2S/c1-4-5-10-8-12(10)15-13-14-11(9(2)3)6-7-16-13/h9-12H,4-8H2,1-3H3,(H,14,15). The Morgan fingerprint density at radius 1 is 1.50 bits per heavy atom. The third-order valence-corrected chi connectivity index (χ3v) is 4.53. The van der Waals surface area contributed by atoms with Gasteiger partial charge >= 0.3 is 0 Å². The molecule has 1 heterocycles. The van der Waals surface area contributed by atoms with E-state index in [-0.39, 0.29) is 0 Å². The number of nitrogens with zero attached hydrogens (tertiary/aromatic N) is 1. The maximum absolute atomic E-state index is 4.82. The van der Waals surface area contributed by atoms with E-state index in [4.69, 9.17) is 4.99 Å². The van der Waals surface area contributed by atoms with E-state index in [9.17, 15) is 0 Å². The number of rotatable bonds is 4. The van der Waals surface area contributed by atoms with Crippen molar-refractivity contribution in [1.82, 2.24) is 5.32 Å². The zero-order valence-corrected chi connectivity index (χ0v) is 11.5. The molecule has 0 aromatic rings. The highest BCUT2D eigenvalue weighted by atomic mass is 32.2. The van der Waals surface area contributed by atoms with Gasteiger partial charge in [-0.1, -0.05) is 39.0 Å². The van der Waals surface area contributed by atoms with E-state index in [0.29, 0.717) is 12.0 Å². The van der Waals surface area contributed by atoms with E-state index in [0.717, 1.165) is 12.0 Å². The van der Waals surface area contributed by atoms with Crippen LogP contribution in [-0.4, -0.2) is 23.0 Å². The molecule has 0 amide bonds. The Labute approximate surface area is 104 Å². The Bertz CT molecular complexity index is 263. The Balaban J connectivity index is 1.81. The first kappa shape index (κ1) is 12.3. The van der Waals surface area contributed by atoms with Crippen molar-refractivity contribution in [2.75, 3.05) is 5.75 Å². The maximum atomic E-state index is 4.82. The van der Waals surface area contributed by atoms with Gasteiger partial charge in [0.25, 0.3) is 0 Å². The van der Waals surface area contributed by atoms with Crippen LogP contribution in [0.3, 0.4) is 0 Å². The SMILES string of the molecule is CCCC1CC1NC1=NC(C(C)C)CCS1. The molecule has 1 fully saturated rings. The van der Waals surface area contributed by atoms with Crippen molar-refractivity contribution < 1.29 is 0 Å². The van der Waals surface area contributed by atoms with Crippen molar-refractivity contribution in [3.63, 3.8) is 0 Å². The van der Waals surface area contributed by atoms with Gasteiger partial charge in [-0.3, -0.25) is 4.99 Å². The summed E-state index contributed by atoms with van der Waals surface area (Å²) in [5.41, 5.74) is 0. The molecule has 92 valence electrons. The molecule has 16 heavy (non-hydrogen) atoms. The van der Waals surface area contributed by atoms with Crippen molar-refractivity contribution in [2.45, 2.75) is 58.5 Å². The minimum atomic E-state index is 0.548. The molecule has 3 atom stereocenters. The summed E-state index contributed by atoms with van der Waals surface area (Å²) in [5, 5.41) is 4.84. The van der Waals surface area contributed by atoms with Gasteiger partial charge in [0.15, 0.2) is 5.17 Å². The predicted octanol–water partition coefficient (Wildman–Crippen LogP) is 3.28. The highest BCUT2D eigenvalue weighted by molar-refractivity contribution is 8.13. The molecule has 1 saturated carbocycles. The summed E-state index contributed by atoms with van der Waals surface area (Å²) < 4.78 is 0. The molecule has 0 aromatic heterocycles. The van der Waals surface area contributed by atoms with Crippen molar-refractivity contribution in [2.24, 2.45) is 16.8 Å². The van der Waals surface area contributed by atoms with Crippen LogP contribution in [0.5, 0.6) is 0 Å². The van der Waals surface area contributed by atoms with Crippen LogP contribution >= 0.6 is 11.8 Å². The number of nitrogens with one attached hydrogen (secondary N) is 1. The number of amidine groups is 1. The summed E-state index contributed by atoms with van der Waals surface area (Å²) >= 11 is 1.91. The second-order valence-corrected chi connectivity index (χ2v) is 6.50. The molecule has 3 unspecified atom stereocenters. The van der Waals surface area contributed by atoms with E-state index in [1.165, 1.54) is 36.6 Å². The summed E-state index contributed by atoms with van der Waals surface area (Å²) in [6.07, 6.45) is 5.30. The first-order valence-corrected chi connectivity index (χ1v) is 7.66. The molecule has 2 rings (SSSR count). The zero-order chi connectivity index (χ0) is 11.5. The van der Waals surface area contributed by atoms with Crippen LogP contribution in [-0.2, 0) is 0 Å². The Kier molecular flexibility index (Phi) is 4.17. The molecule has 3 heteroatoms. The van der Waals surface area contributed by atoms with Crippen LogP contribution < -0.4 is 5.32 Å². The van der Waals surface area contributed by atoms with Crippen molar-refractivity contribution in [3.8, 4) is 0 Å².